The molecule has 0 radical (unpaired) electrons. The van der Waals surface area contributed by atoms with E-state index in [0.29, 0.717) is 12.5 Å². The van der Waals surface area contributed by atoms with Crippen molar-refractivity contribution >= 4 is 5.96 Å². The molecule has 27 heavy (non-hydrogen) atoms. The van der Waals surface area contributed by atoms with Gasteiger partial charge in [-0.1, -0.05) is 12.1 Å². The monoisotopic (exact) mass is 380 g/mol. The third-order valence-electron chi connectivity index (χ3n) is 3.83. The van der Waals surface area contributed by atoms with Gasteiger partial charge in [-0.05, 0) is 48.2 Å². The van der Waals surface area contributed by atoms with Gasteiger partial charge >= 0.3 is 6.18 Å². The first-order valence-corrected chi connectivity index (χ1v) is 8.50. The van der Waals surface area contributed by atoms with Crippen molar-refractivity contribution in [3.8, 4) is 5.75 Å². The number of rotatable bonds is 7. The van der Waals surface area contributed by atoms with E-state index in [-0.39, 0.29) is 5.75 Å². The summed E-state index contributed by atoms with van der Waals surface area (Å²) in [5.74, 6) is 0.838. The Morgan fingerprint density at radius 2 is 1.89 bits per heavy atom. The van der Waals surface area contributed by atoms with E-state index in [4.69, 9.17) is 4.74 Å². The molecule has 0 unspecified atom stereocenters. The van der Waals surface area contributed by atoms with Gasteiger partial charge in [0.05, 0.1) is 0 Å². The molecule has 0 saturated heterocycles. The van der Waals surface area contributed by atoms with Gasteiger partial charge in [0.25, 0.3) is 0 Å². The zero-order valence-electron chi connectivity index (χ0n) is 15.3. The Labute approximate surface area is 156 Å². The van der Waals surface area contributed by atoms with Gasteiger partial charge in [0, 0.05) is 32.5 Å². The van der Waals surface area contributed by atoms with Crippen LogP contribution in [-0.4, -0.2) is 37.3 Å². The summed E-state index contributed by atoms with van der Waals surface area (Å²) in [6.07, 6.45) is 0.121. The van der Waals surface area contributed by atoms with Crippen LogP contribution in [0.4, 0.5) is 13.2 Å². The normalized spacial score (nSPS) is 12.0. The molecule has 8 heteroatoms. The summed E-state index contributed by atoms with van der Waals surface area (Å²) in [7, 11) is 1.68. The highest BCUT2D eigenvalue weighted by molar-refractivity contribution is 5.79. The van der Waals surface area contributed by atoms with Crippen molar-refractivity contribution < 1.29 is 17.9 Å². The van der Waals surface area contributed by atoms with E-state index in [2.05, 4.69) is 20.6 Å². The fourth-order valence-corrected chi connectivity index (χ4v) is 2.37. The Morgan fingerprint density at radius 3 is 2.52 bits per heavy atom. The van der Waals surface area contributed by atoms with E-state index >= 15 is 0 Å². The summed E-state index contributed by atoms with van der Waals surface area (Å²) >= 11 is 0. The lowest BCUT2D eigenvalue weighted by atomic mass is 10.1. The van der Waals surface area contributed by atoms with E-state index in [1.807, 2.05) is 19.2 Å². The molecule has 1 aromatic heterocycles. The number of ether oxygens (including phenoxy) is 1. The third kappa shape index (κ3) is 7.55. The van der Waals surface area contributed by atoms with E-state index < -0.39 is 12.8 Å². The summed E-state index contributed by atoms with van der Waals surface area (Å²) in [6, 6.07) is 8.46. The Kier molecular flexibility index (Phi) is 7.45. The molecule has 0 aliphatic carbocycles. The van der Waals surface area contributed by atoms with Gasteiger partial charge in [0.2, 0.25) is 0 Å². The van der Waals surface area contributed by atoms with Crippen LogP contribution >= 0.6 is 0 Å². The number of guanidine groups is 1. The zero-order valence-corrected chi connectivity index (χ0v) is 15.3. The van der Waals surface area contributed by atoms with Crippen LogP contribution in [0.25, 0.3) is 0 Å². The van der Waals surface area contributed by atoms with E-state index in [1.165, 1.54) is 17.7 Å². The molecule has 5 nitrogen and oxygen atoms in total. The number of alkyl halides is 3. The molecule has 2 rings (SSSR count). The number of aliphatic imine (C=N–C) groups is 1. The zero-order chi connectivity index (χ0) is 19.7. The maximum Gasteiger partial charge on any atom is 0.422 e. The number of aryl methyl sites for hydroxylation is 1. The second-order valence-corrected chi connectivity index (χ2v) is 5.95. The highest BCUT2D eigenvalue weighted by atomic mass is 19.4. The molecule has 2 N–H and O–H groups in total. The lowest BCUT2D eigenvalue weighted by Crippen LogP contribution is -2.37. The first-order chi connectivity index (χ1) is 12.9. The fraction of sp³-hybridized carbons (Fsp3) is 0.368. The second-order valence-electron chi connectivity index (χ2n) is 5.95. The van der Waals surface area contributed by atoms with E-state index in [1.54, 1.807) is 25.4 Å². The average Bonchev–Trinajstić information content (AvgIpc) is 2.64. The highest BCUT2D eigenvalue weighted by Crippen LogP contribution is 2.18. The van der Waals surface area contributed by atoms with Crippen molar-refractivity contribution in [3.05, 3.63) is 59.4 Å². The minimum atomic E-state index is -4.34. The van der Waals surface area contributed by atoms with Gasteiger partial charge in [-0.2, -0.15) is 13.2 Å². The number of benzene rings is 1. The lowest BCUT2D eigenvalue weighted by molar-refractivity contribution is -0.153. The minimum Gasteiger partial charge on any atom is -0.484 e. The van der Waals surface area contributed by atoms with Crippen LogP contribution in [0.15, 0.2) is 47.7 Å². The van der Waals surface area contributed by atoms with Crippen LogP contribution < -0.4 is 15.4 Å². The molecule has 0 atom stereocenters. The molecule has 0 aliphatic rings. The Bertz CT molecular complexity index is 745. The first-order valence-electron chi connectivity index (χ1n) is 8.50. The molecule has 0 fully saturated rings. The number of halogens is 3. The number of hydrogen-bond acceptors (Lipinski definition) is 3. The maximum atomic E-state index is 12.1. The van der Waals surface area contributed by atoms with Crippen LogP contribution in [0, 0.1) is 6.92 Å². The van der Waals surface area contributed by atoms with Gasteiger partial charge < -0.3 is 15.4 Å². The molecule has 146 valence electrons. The standard InChI is InChI=1S/C19H23F3N4O/c1-14-11-24-9-7-16(14)8-10-25-18(23-2)26-12-15-3-5-17(6-4-15)27-13-19(20,21)22/h3-7,9,11H,8,10,12-13H2,1-2H3,(H2,23,25,26). The number of pyridine rings is 1. The van der Waals surface area contributed by atoms with Crippen LogP contribution in [0.1, 0.15) is 16.7 Å². The van der Waals surface area contributed by atoms with Gasteiger partial charge in [-0.3, -0.25) is 9.98 Å². The van der Waals surface area contributed by atoms with Crippen molar-refractivity contribution in [1.29, 1.82) is 0 Å². The van der Waals surface area contributed by atoms with Gasteiger partial charge in [-0.25, -0.2) is 0 Å². The van der Waals surface area contributed by atoms with Crippen LogP contribution in [0.3, 0.4) is 0 Å². The number of nitrogens with zero attached hydrogens (tertiary/aromatic N) is 2. The fourth-order valence-electron chi connectivity index (χ4n) is 2.37. The summed E-state index contributed by atoms with van der Waals surface area (Å²) < 4.78 is 41.1. The second kappa shape index (κ2) is 9.80. The molecular formula is C19H23F3N4O. The molecule has 0 saturated carbocycles. The largest absolute Gasteiger partial charge is 0.484 e. The van der Waals surface area contributed by atoms with Crippen molar-refractivity contribution in [2.45, 2.75) is 26.1 Å². The number of aromatic nitrogens is 1. The maximum absolute atomic E-state index is 12.1. The van der Waals surface area contributed by atoms with Gasteiger partial charge in [-0.15, -0.1) is 0 Å². The molecular weight excluding hydrogens is 357 g/mol. The molecule has 0 amide bonds. The van der Waals surface area contributed by atoms with Crippen LogP contribution in [0.2, 0.25) is 0 Å². The molecule has 1 aromatic carbocycles. The summed E-state index contributed by atoms with van der Waals surface area (Å²) in [5, 5.41) is 6.40. The average molecular weight is 380 g/mol. The number of hydrogen-bond donors (Lipinski definition) is 2. The van der Waals surface area contributed by atoms with Crippen molar-refractivity contribution in [2.24, 2.45) is 4.99 Å². The molecule has 2 aromatic rings. The van der Waals surface area contributed by atoms with Crippen molar-refractivity contribution in [2.75, 3.05) is 20.2 Å². The first kappa shape index (κ1) is 20.5. The lowest BCUT2D eigenvalue weighted by Gasteiger charge is -2.13. The third-order valence-corrected chi connectivity index (χ3v) is 3.83. The molecule has 0 spiro atoms. The number of nitrogens with one attached hydrogen (secondary N) is 2. The predicted octanol–water partition coefficient (Wildman–Crippen LogP) is 3.24. The van der Waals surface area contributed by atoms with Gasteiger partial charge in [0.1, 0.15) is 5.75 Å². The Morgan fingerprint density at radius 1 is 1.15 bits per heavy atom. The van der Waals surface area contributed by atoms with Crippen molar-refractivity contribution in [3.63, 3.8) is 0 Å². The smallest absolute Gasteiger partial charge is 0.422 e. The Balaban J connectivity index is 1.76. The molecule has 0 bridgehead atoms. The Hall–Kier alpha value is -2.77. The minimum absolute atomic E-state index is 0.186. The van der Waals surface area contributed by atoms with Crippen LogP contribution in [-0.2, 0) is 13.0 Å². The van der Waals surface area contributed by atoms with E-state index in [0.717, 1.165) is 24.1 Å². The molecule has 0 aliphatic heterocycles. The topological polar surface area (TPSA) is 58.5 Å². The van der Waals surface area contributed by atoms with Crippen molar-refractivity contribution in [1.82, 2.24) is 15.6 Å². The summed E-state index contributed by atoms with van der Waals surface area (Å²) in [4.78, 5) is 8.24. The summed E-state index contributed by atoms with van der Waals surface area (Å²) in [5.41, 5.74) is 3.28. The molecule has 1 heterocycles. The quantitative estimate of drug-likeness (QED) is 0.572. The highest BCUT2D eigenvalue weighted by Gasteiger charge is 2.28. The van der Waals surface area contributed by atoms with Gasteiger partial charge in [0.15, 0.2) is 12.6 Å². The predicted molar refractivity (Wildman–Crippen MR) is 98.9 cm³/mol. The van der Waals surface area contributed by atoms with E-state index in [9.17, 15) is 13.2 Å². The van der Waals surface area contributed by atoms with Crippen LogP contribution in [0.5, 0.6) is 5.75 Å². The summed E-state index contributed by atoms with van der Waals surface area (Å²) in [6.45, 7) is 1.94. The SMILES string of the molecule is CN=C(NCCc1ccncc1C)NCc1ccc(OCC(F)(F)F)cc1.